The average Bonchev–Trinajstić information content (AvgIpc) is 2.36. The maximum absolute atomic E-state index is 10.9. The zero-order chi connectivity index (χ0) is 8.97. The van der Waals surface area contributed by atoms with Gasteiger partial charge in [-0.2, -0.15) is 0 Å². The van der Waals surface area contributed by atoms with Crippen LogP contribution in [-0.4, -0.2) is 16.9 Å². The molecule has 0 aliphatic rings. The lowest BCUT2D eigenvalue weighted by Gasteiger charge is -1.95. The van der Waals surface area contributed by atoms with Crippen LogP contribution >= 0.6 is 11.6 Å². The second-order valence-corrected chi connectivity index (χ2v) is 2.70. The summed E-state index contributed by atoms with van der Waals surface area (Å²) in [7, 11) is 0. The molecule has 5 heteroatoms. The van der Waals surface area contributed by atoms with Crippen molar-refractivity contribution in [3.8, 4) is 0 Å². The van der Waals surface area contributed by atoms with Gasteiger partial charge in [-0.05, 0) is 6.92 Å². The topological polar surface area (TPSA) is 55.1 Å². The van der Waals surface area contributed by atoms with Crippen LogP contribution in [0.3, 0.4) is 0 Å². The summed E-state index contributed by atoms with van der Waals surface area (Å²) in [5.41, 5.74) is 0.733. The number of carbonyl (C=O) groups is 1. The van der Waals surface area contributed by atoms with Gasteiger partial charge in [-0.1, -0.05) is 5.16 Å². The molecule has 12 heavy (non-hydrogen) atoms. The van der Waals surface area contributed by atoms with E-state index in [4.69, 9.17) is 16.1 Å². The van der Waals surface area contributed by atoms with Gasteiger partial charge in [-0.3, -0.25) is 10.1 Å². The normalized spacial score (nSPS) is 9.83. The van der Waals surface area contributed by atoms with Gasteiger partial charge >= 0.3 is 0 Å². The third kappa shape index (κ3) is 2.54. The Morgan fingerprint density at radius 1 is 1.83 bits per heavy atom. The van der Waals surface area contributed by atoms with Crippen LogP contribution in [0.5, 0.6) is 0 Å². The van der Waals surface area contributed by atoms with E-state index in [-0.39, 0.29) is 12.3 Å². The summed E-state index contributed by atoms with van der Waals surface area (Å²) < 4.78 is 4.76. The highest BCUT2D eigenvalue weighted by atomic mass is 35.5. The Hall–Kier alpha value is -1.03. The molecule has 1 amide bonds. The van der Waals surface area contributed by atoms with Crippen LogP contribution in [0.25, 0.3) is 0 Å². The second kappa shape index (κ2) is 4.11. The van der Waals surface area contributed by atoms with Crippen molar-refractivity contribution in [3.05, 3.63) is 11.8 Å². The Labute approximate surface area is 74.9 Å². The summed E-state index contributed by atoms with van der Waals surface area (Å²) in [6.45, 7) is 1.78. The molecule has 4 nitrogen and oxygen atoms in total. The molecular formula is C7H9ClN2O2. The minimum absolute atomic E-state index is 0.166. The number of carbonyl (C=O) groups excluding carboxylic acids is 1. The third-order valence-electron chi connectivity index (χ3n) is 1.21. The van der Waals surface area contributed by atoms with Crippen LogP contribution in [0.1, 0.15) is 12.1 Å². The quantitative estimate of drug-likeness (QED) is 0.733. The molecule has 1 rings (SSSR count). The van der Waals surface area contributed by atoms with E-state index in [2.05, 4.69) is 10.5 Å². The zero-order valence-corrected chi connectivity index (χ0v) is 7.39. The van der Waals surface area contributed by atoms with Gasteiger partial charge in [0.15, 0.2) is 0 Å². The summed E-state index contributed by atoms with van der Waals surface area (Å²) >= 11 is 5.36. The third-order valence-corrected chi connectivity index (χ3v) is 1.40. The number of hydrogen-bond donors (Lipinski definition) is 1. The number of aryl methyl sites for hydroxylation is 1. The van der Waals surface area contributed by atoms with Crippen molar-refractivity contribution in [2.75, 3.05) is 11.2 Å². The number of amides is 1. The molecule has 1 aromatic heterocycles. The Morgan fingerprint density at radius 3 is 3.08 bits per heavy atom. The predicted octanol–water partition coefficient (Wildman–Crippen LogP) is 1.55. The van der Waals surface area contributed by atoms with Crippen LogP contribution in [0, 0.1) is 6.92 Å². The first-order chi connectivity index (χ1) is 5.72. The molecule has 0 aromatic carbocycles. The molecule has 0 radical (unpaired) electrons. The fraction of sp³-hybridized carbons (Fsp3) is 0.429. The van der Waals surface area contributed by atoms with E-state index < -0.39 is 0 Å². The van der Waals surface area contributed by atoms with Gasteiger partial charge in [-0.15, -0.1) is 11.6 Å². The number of alkyl halides is 1. The first kappa shape index (κ1) is 9.06. The molecule has 1 heterocycles. The predicted molar refractivity (Wildman–Crippen MR) is 45.2 cm³/mol. The number of nitrogens with one attached hydrogen (secondary N) is 1. The van der Waals surface area contributed by atoms with E-state index in [0.717, 1.165) is 5.69 Å². The van der Waals surface area contributed by atoms with E-state index in [0.29, 0.717) is 11.8 Å². The van der Waals surface area contributed by atoms with E-state index in [9.17, 15) is 4.79 Å². The molecule has 0 fully saturated rings. The molecule has 0 bridgehead atoms. The lowest BCUT2D eigenvalue weighted by atomic mass is 10.4. The van der Waals surface area contributed by atoms with Crippen LogP contribution < -0.4 is 5.32 Å². The van der Waals surface area contributed by atoms with E-state index in [1.807, 2.05) is 0 Å². The average molecular weight is 189 g/mol. The summed E-state index contributed by atoms with van der Waals surface area (Å²) in [6.07, 6.45) is 0.279. The van der Waals surface area contributed by atoms with Crippen molar-refractivity contribution in [2.24, 2.45) is 0 Å². The molecule has 66 valence electrons. The van der Waals surface area contributed by atoms with Gasteiger partial charge in [-0.25, -0.2) is 0 Å². The Bertz CT molecular complexity index is 272. The highest BCUT2D eigenvalue weighted by Gasteiger charge is 2.04. The Morgan fingerprint density at radius 2 is 2.58 bits per heavy atom. The van der Waals surface area contributed by atoms with Gasteiger partial charge < -0.3 is 4.52 Å². The number of anilines is 1. The van der Waals surface area contributed by atoms with Gasteiger partial charge in [0.05, 0.1) is 5.69 Å². The van der Waals surface area contributed by atoms with Crippen molar-refractivity contribution in [1.82, 2.24) is 5.16 Å². The molecule has 0 saturated heterocycles. The molecule has 0 atom stereocenters. The molecule has 0 aliphatic carbocycles. The lowest BCUT2D eigenvalue weighted by molar-refractivity contribution is -0.115. The summed E-state index contributed by atoms with van der Waals surface area (Å²) in [4.78, 5) is 10.9. The maximum atomic E-state index is 10.9. The first-order valence-electron chi connectivity index (χ1n) is 3.51. The molecule has 1 aromatic rings. The standard InChI is InChI=1S/C7H9ClN2O2/c1-5-4-7(12-10-5)9-6(11)2-3-8/h4H,2-3H2,1H3,(H,9,11). The first-order valence-corrected chi connectivity index (χ1v) is 4.05. The molecule has 1 N–H and O–H groups in total. The van der Waals surface area contributed by atoms with Gasteiger partial charge in [0, 0.05) is 18.4 Å². The second-order valence-electron chi connectivity index (χ2n) is 2.32. The molecule has 0 aliphatic heterocycles. The number of halogens is 1. The summed E-state index contributed by atoms with van der Waals surface area (Å²) in [6, 6.07) is 1.64. The van der Waals surface area contributed by atoms with Crippen LogP contribution in [0.2, 0.25) is 0 Å². The number of aromatic nitrogens is 1. The summed E-state index contributed by atoms with van der Waals surface area (Å²) in [5.74, 6) is 0.502. The lowest BCUT2D eigenvalue weighted by Crippen LogP contribution is -2.10. The van der Waals surface area contributed by atoms with E-state index in [1.165, 1.54) is 0 Å². The largest absolute Gasteiger partial charge is 0.338 e. The fourth-order valence-electron chi connectivity index (χ4n) is 0.708. The number of rotatable bonds is 3. The maximum Gasteiger partial charge on any atom is 0.231 e. The van der Waals surface area contributed by atoms with E-state index >= 15 is 0 Å². The highest BCUT2D eigenvalue weighted by molar-refractivity contribution is 6.19. The zero-order valence-electron chi connectivity index (χ0n) is 6.63. The molecule has 0 saturated carbocycles. The van der Waals surface area contributed by atoms with Gasteiger partial charge in [0.25, 0.3) is 0 Å². The van der Waals surface area contributed by atoms with E-state index in [1.54, 1.807) is 13.0 Å². The monoisotopic (exact) mass is 188 g/mol. The minimum atomic E-state index is -0.166. The van der Waals surface area contributed by atoms with Crippen LogP contribution in [-0.2, 0) is 4.79 Å². The number of hydrogen-bond acceptors (Lipinski definition) is 3. The van der Waals surface area contributed by atoms with Gasteiger partial charge in [0.1, 0.15) is 0 Å². The highest BCUT2D eigenvalue weighted by Crippen LogP contribution is 2.08. The van der Waals surface area contributed by atoms with Crippen molar-refractivity contribution >= 4 is 23.4 Å². The fourth-order valence-corrected chi connectivity index (χ4v) is 0.880. The van der Waals surface area contributed by atoms with Crippen molar-refractivity contribution < 1.29 is 9.32 Å². The smallest absolute Gasteiger partial charge is 0.231 e. The SMILES string of the molecule is Cc1cc(NC(=O)CCCl)on1. The number of nitrogens with zero attached hydrogens (tertiary/aromatic N) is 1. The van der Waals surface area contributed by atoms with Crippen LogP contribution in [0.15, 0.2) is 10.6 Å². The minimum Gasteiger partial charge on any atom is -0.338 e. The molecule has 0 spiro atoms. The van der Waals surface area contributed by atoms with Gasteiger partial charge in [0.2, 0.25) is 11.8 Å². The Balaban J connectivity index is 2.46. The summed E-state index contributed by atoms with van der Waals surface area (Å²) in [5, 5.41) is 6.12. The van der Waals surface area contributed by atoms with Crippen molar-refractivity contribution in [3.63, 3.8) is 0 Å². The van der Waals surface area contributed by atoms with Crippen molar-refractivity contribution in [1.29, 1.82) is 0 Å². The van der Waals surface area contributed by atoms with Crippen molar-refractivity contribution in [2.45, 2.75) is 13.3 Å². The molecular weight excluding hydrogens is 180 g/mol. The molecule has 0 unspecified atom stereocenters. The Kier molecular flexibility index (Phi) is 3.10. The van der Waals surface area contributed by atoms with Crippen LogP contribution in [0.4, 0.5) is 5.88 Å².